The van der Waals surface area contributed by atoms with E-state index in [1.165, 1.54) is 25.0 Å². The van der Waals surface area contributed by atoms with Crippen LogP contribution in [0.25, 0.3) is 0 Å². The number of thiol groups is 1. The number of carboxylic acids is 2. The topological polar surface area (TPSA) is 245 Å². The zero-order chi connectivity index (χ0) is 26.7. The van der Waals surface area contributed by atoms with Crippen molar-refractivity contribution in [1.82, 2.24) is 35.9 Å². The van der Waals surface area contributed by atoms with Gasteiger partial charge in [-0.1, -0.05) is 0 Å². The molecular formula is C20H28N8O7S. The van der Waals surface area contributed by atoms with E-state index >= 15 is 0 Å². The van der Waals surface area contributed by atoms with E-state index < -0.39 is 60.2 Å². The van der Waals surface area contributed by atoms with Crippen LogP contribution in [0.5, 0.6) is 0 Å². The van der Waals surface area contributed by atoms with Gasteiger partial charge >= 0.3 is 11.9 Å². The van der Waals surface area contributed by atoms with E-state index in [-0.39, 0.29) is 25.0 Å². The van der Waals surface area contributed by atoms with E-state index in [1.807, 2.05) is 0 Å². The van der Waals surface area contributed by atoms with Gasteiger partial charge in [0.15, 0.2) is 0 Å². The van der Waals surface area contributed by atoms with Crippen molar-refractivity contribution < 1.29 is 34.2 Å². The van der Waals surface area contributed by atoms with Crippen LogP contribution in [0, 0.1) is 0 Å². The molecule has 0 aliphatic heterocycles. The van der Waals surface area contributed by atoms with E-state index in [0.717, 1.165) is 0 Å². The van der Waals surface area contributed by atoms with E-state index in [0.29, 0.717) is 11.4 Å². The molecule has 2 aromatic heterocycles. The average Bonchev–Trinajstić information content (AvgIpc) is 3.53. The summed E-state index contributed by atoms with van der Waals surface area (Å²) in [6.07, 6.45) is 4.86. The number of nitrogens with zero attached hydrogens (tertiary/aromatic N) is 2. The molecule has 2 heterocycles. The molecule has 0 fully saturated rings. The third-order valence-corrected chi connectivity index (χ3v) is 5.39. The summed E-state index contributed by atoms with van der Waals surface area (Å²) >= 11 is 4.06. The van der Waals surface area contributed by atoms with E-state index in [2.05, 4.69) is 48.5 Å². The minimum Gasteiger partial charge on any atom is -0.481 e. The second-order valence-electron chi connectivity index (χ2n) is 7.81. The van der Waals surface area contributed by atoms with E-state index in [1.54, 1.807) is 0 Å². The molecule has 0 aliphatic rings. The van der Waals surface area contributed by atoms with Crippen molar-refractivity contribution in [3.05, 3.63) is 36.4 Å². The second kappa shape index (κ2) is 13.8. The highest BCUT2D eigenvalue weighted by molar-refractivity contribution is 7.80. The minimum absolute atomic E-state index is 0.121. The average molecular weight is 525 g/mol. The third kappa shape index (κ3) is 9.03. The highest BCUT2D eigenvalue weighted by atomic mass is 32.1. The molecule has 4 unspecified atom stereocenters. The summed E-state index contributed by atoms with van der Waals surface area (Å²) in [5, 5.41) is 25.6. The van der Waals surface area contributed by atoms with Crippen LogP contribution >= 0.6 is 12.6 Å². The molecule has 2 aromatic rings. The maximum atomic E-state index is 12.8. The van der Waals surface area contributed by atoms with Crippen molar-refractivity contribution in [2.45, 2.75) is 49.9 Å². The third-order valence-electron chi connectivity index (χ3n) is 5.02. The lowest BCUT2D eigenvalue weighted by Crippen LogP contribution is -2.58. The van der Waals surface area contributed by atoms with Gasteiger partial charge in [0.05, 0.1) is 18.7 Å². The molecule has 0 spiro atoms. The van der Waals surface area contributed by atoms with Gasteiger partial charge in [0.1, 0.15) is 18.1 Å². The van der Waals surface area contributed by atoms with Crippen molar-refractivity contribution in [3.63, 3.8) is 0 Å². The fourth-order valence-corrected chi connectivity index (χ4v) is 3.35. The van der Waals surface area contributed by atoms with Crippen molar-refractivity contribution in [2.24, 2.45) is 5.73 Å². The predicted molar refractivity (Wildman–Crippen MR) is 127 cm³/mol. The molecule has 0 aliphatic carbocycles. The largest absolute Gasteiger partial charge is 0.481 e. The van der Waals surface area contributed by atoms with Crippen LogP contribution in [0.15, 0.2) is 25.0 Å². The number of carboxylic acid groups (broad SMARTS) is 2. The zero-order valence-electron chi connectivity index (χ0n) is 19.0. The summed E-state index contributed by atoms with van der Waals surface area (Å²) in [4.78, 5) is 73.9. The van der Waals surface area contributed by atoms with Crippen LogP contribution in [0.4, 0.5) is 0 Å². The first kappa shape index (κ1) is 28.3. The lowest BCUT2D eigenvalue weighted by atomic mass is 10.1. The Kier molecular flexibility index (Phi) is 10.9. The number of carbonyl (C=O) groups is 5. The number of aliphatic carboxylic acids is 2. The van der Waals surface area contributed by atoms with E-state index in [9.17, 15) is 29.1 Å². The Labute approximate surface area is 210 Å². The first-order valence-corrected chi connectivity index (χ1v) is 11.4. The summed E-state index contributed by atoms with van der Waals surface area (Å²) < 4.78 is 0. The number of nitrogens with two attached hydrogens (primary N) is 1. The van der Waals surface area contributed by atoms with Gasteiger partial charge < -0.3 is 41.9 Å². The zero-order valence-corrected chi connectivity index (χ0v) is 19.9. The number of aromatic amines is 2. The SMILES string of the molecule is NC(Cc1cnc[nH]1)C(=O)NC(CS)C(=O)NC(CCC(=O)O)C(=O)NC(Cc1cnc[nH]1)C(=O)O. The monoisotopic (exact) mass is 524 g/mol. The minimum atomic E-state index is -1.39. The number of rotatable bonds is 15. The van der Waals surface area contributed by atoms with Crippen molar-refractivity contribution in [3.8, 4) is 0 Å². The molecule has 0 saturated carbocycles. The Morgan fingerprint density at radius 2 is 1.39 bits per heavy atom. The van der Waals surface area contributed by atoms with Crippen LogP contribution in [-0.2, 0) is 36.8 Å². The molecule has 3 amide bonds. The summed E-state index contributed by atoms with van der Waals surface area (Å²) in [5.74, 6) is -5.10. The molecule has 15 nitrogen and oxygen atoms in total. The maximum Gasteiger partial charge on any atom is 0.326 e. The fraction of sp³-hybridized carbons (Fsp3) is 0.450. The summed E-state index contributed by atoms with van der Waals surface area (Å²) in [6.45, 7) is 0. The lowest BCUT2D eigenvalue weighted by molar-refractivity contribution is -0.143. The van der Waals surface area contributed by atoms with Crippen molar-refractivity contribution in [1.29, 1.82) is 0 Å². The van der Waals surface area contributed by atoms with Gasteiger partial charge in [-0.05, 0) is 6.42 Å². The van der Waals surface area contributed by atoms with Crippen molar-refractivity contribution in [2.75, 3.05) is 5.75 Å². The molecule has 9 N–H and O–H groups in total. The van der Waals surface area contributed by atoms with Gasteiger partial charge in [0, 0.05) is 48.8 Å². The van der Waals surface area contributed by atoms with Gasteiger partial charge in [-0.15, -0.1) is 0 Å². The molecule has 196 valence electrons. The van der Waals surface area contributed by atoms with Gasteiger partial charge in [-0.25, -0.2) is 14.8 Å². The van der Waals surface area contributed by atoms with Gasteiger partial charge in [-0.3, -0.25) is 19.2 Å². The van der Waals surface area contributed by atoms with E-state index in [4.69, 9.17) is 10.8 Å². The number of hydrogen-bond donors (Lipinski definition) is 9. The number of nitrogens with one attached hydrogen (secondary N) is 5. The maximum absolute atomic E-state index is 12.8. The highest BCUT2D eigenvalue weighted by Gasteiger charge is 2.30. The predicted octanol–water partition coefficient (Wildman–Crippen LogP) is -2.42. The fourth-order valence-electron chi connectivity index (χ4n) is 3.10. The number of hydrogen-bond acceptors (Lipinski definition) is 9. The smallest absolute Gasteiger partial charge is 0.326 e. The normalized spacial score (nSPS) is 14.2. The Bertz CT molecular complexity index is 1030. The summed E-state index contributed by atoms with van der Waals surface area (Å²) in [6, 6.07) is -4.97. The number of amides is 3. The molecule has 0 saturated heterocycles. The van der Waals surface area contributed by atoms with Crippen LogP contribution in [0.1, 0.15) is 24.2 Å². The lowest BCUT2D eigenvalue weighted by Gasteiger charge is -2.24. The first-order chi connectivity index (χ1) is 17.1. The number of H-pyrrole nitrogens is 2. The molecule has 0 aromatic carbocycles. The summed E-state index contributed by atoms with van der Waals surface area (Å²) in [7, 11) is 0. The van der Waals surface area contributed by atoms with Crippen LogP contribution in [0.2, 0.25) is 0 Å². The Balaban J connectivity index is 2.04. The quantitative estimate of drug-likeness (QED) is 0.112. The Morgan fingerprint density at radius 3 is 1.89 bits per heavy atom. The highest BCUT2D eigenvalue weighted by Crippen LogP contribution is 2.05. The van der Waals surface area contributed by atoms with Gasteiger partial charge in [0.2, 0.25) is 17.7 Å². The molecule has 0 bridgehead atoms. The Hall–Kier alpha value is -3.92. The molecular weight excluding hydrogens is 496 g/mol. The van der Waals surface area contributed by atoms with Crippen LogP contribution in [0.3, 0.4) is 0 Å². The summed E-state index contributed by atoms with van der Waals surface area (Å²) in [5.41, 5.74) is 6.92. The Morgan fingerprint density at radius 1 is 0.861 bits per heavy atom. The molecule has 2 rings (SSSR count). The number of imidazole rings is 2. The van der Waals surface area contributed by atoms with Crippen molar-refractivity contribution >= 4 is 42.3 Å². The first-order valence-electron chi connectivity index (χ1n) is 10.8. The number of aromatic nitrogens is 4. The molecule has 4 atom stereocenters. The molecule has 36 heavy (non-hydrogen) atoms. The molecule has 16 heteroatoms. The van der Waals surface area contributed by atoms with Crippen LogP contribution in [-0.4, -0.2) is 89.7 Å². The second-order valence-corrected chi connectivity index (χ2v) is 8.17. The standard InChI is InChI=1S/C20H28N8O7S/c21-12(3-10-5-22-8-24-10)17(31)28-15(7-36)19(33)26-13(1-2-16(29)30)18(32)27-14(20(34)35)4-11-6-23-9-25-11/h5-6,8-9,12-15,36H,1-4,7,21H2,(H,22,24)(H,23,25)(H,26,33)(H,27,32)(H,28,31)(H,29,30)(H,34,35). The van der Waals surface area contributed by atoms with Crippen LogP contribution < -0.4 is 21.7 Å². The van der Waals surface area contributed by atoms with Gasteiger partial charge in [-0.2, -0.15) is 12.6 Å². The number of carbonyl (C=O) groups excluding carboxylic acids is 3. The van der Waals surface area contributed by atoms with Gasteiger partial charge in [0.25, 0.3) is 0 Å². The molecule has 0 radical (unpaired) electrons.